The van der Waals surface area contributed by atoms with Gasteiger partial charge in [-0.2, -0.15) is 0 Å². The molecule has 0 aromatic rings. The molecule has 0 aromatic heterocycles. The van der Waals surface area contributed by atoms with Crippen LogP contribution in [0.4, 0.5) is 0 Å². The lowest BCUT2D eigenvalue weighted by Crippen LogP contribution is -2.45. The van der Waals surface area contributed by atoms with Gasteiger partial charge in [0.15, 0.2) is 0 Å². The molecule has 6 nitrogen and oxygen atoms in total. The van der Waals surface area contributed by atoms with Crippen LogP contribution in [0.15, 0.2) is 24.3 Å². The van der Waals surface area contributed by atoms with Crippen LogP contribution in [-0.2, 0) is 14.3 Å². The van der Waals surface area contributed by atoms with Crippen molar-refractivity contribution in [1.82, 2.24) is 5.32 Å². The highest BCUT2D eigenvalue weighted by Gasteiger charge is 2.20. The number of allylic oxidation sites excluding steroid dienone is 4. The average molecular weight is 1170 g/mol. The molecule has 0 aromatic carbocycles. The molecule has 83 heavy (non-hydrogen) atoms. The molecule has 0 fully saturated rings. The fraction of sp³-hybridized carbons (Fsp3) is 0.922. The topological polar surface area (TPSA) is 95.9 Å². The maximum atomic E-state index is 12.5. The Hall–Kier alpha value is -1.66. The molecule has 0 saturated heterocycles. The van der Waals surface area contributed by atoms with Gasteiger partial charge >= 0.3 is 5.97 Å². The van der Waals surface area contributed by atoms with Crippen molar-refractivity contribution in [1.29, 1.82) is 0 Å². The summed E-state index contributed by atoms with van der Waals surface area (Å²) in [5, 5.41) is 23.3. The third kappa shape index (κ3) is 69.3. The molecule has 0 radical (unpaired) electrons. The summed E-state index contributed by atoms with van der Waals surface area (Å²) in [5.74, 6) is -0.0110. The highest BCUT2D eigenvalue weighted by molar-refractivity contribution is 5.76. The van der Waals surface area contributed by atoms with Crippen LogP contribution in [0.1, 0.15) is 431 Å². The molecule has 0 aliphatic carbocycles. The molecule has 0 aliphatic rings. The average Bonchev–Trinajstić information content (AvgIpc) is 3.49. The van der Waals surface area contributed by atoms with Crippen LogP contribution >= 0.6 is 0 Å². The molecule has 0 bridgehead atoms. The molecule has 0 saturated carbocycles. The second-order valence-corrected chi connectivity index (χ2v) is 26.3. The summed E-state index contributed by atoms with van der Waals surface area (Å²) in [6.45, 7) is 4.96. The van der Waals surface area contributed by atoms with E-state index in [4.69, 9.17) is 4.74 Å². The number of rotatable bonds is 72. The van der Waals surface area contributed by atoms with Crippen LogP contribution in [0.5, 0.6) is 0 Å². The number of hydrogen-bond acceptors (Lipinski definition) is 5. The molecular weight excluding hydrogens is 1020 g/mol. The van der Waals surface area contributed by atoms with E-state index in [0.29, 0.717) is 25.9 Å². The Morgan fingerprint density at radius 3 is 0.940 bits per heavy atom. The Morgan fingerprint density at radius 2 is 0.602 bits per heavy atom. The van der Waals surface area contributed by atoms with E-state index in [1.54, 1.807) is 0 Å². The van der Waals surface area contributed by atoms with Crippen LogP contribution in [-0.4, -0.2) is 47.4 Å². The molecule has 3 N–H and O–H groups in total. The summed E-state index contributed by atoms with van der Waals surface area (Å²) in [4.78, 5) is 24.6. The predicted molar refractivity (Wildman–Crippen MR) is 366 cm³/mol. The highest BCUT2D eigenvalue weighted by Crippen LogP contribution is 2.20. The summed E-state index contributed by atoms with van der Waals surface area (Å²) in [6, 6.07) is -0.535. The second kappa shape index (κ2) is 72.8. The van der Waals surface area contributed by atoms with E-state index in [1.165, 1.54) is 347 Å². The zero-order chi connectivity index (χ0) is 59.9. The molecule has 0 heterocycles. The van der Waals surface area contributed by atoms with Crippen molar-refractivity contribution < 1.29 is 24.5 Å². The van der Waals surface area contributed by atoms with Gasteiger partial charge in [0.2, 0.25) is 5.91 Å². The lowest BCUT2D eigenvalue weighted by atomic mass is 10.0. The Kier molecular flexibility index (Phi) is 71.4. The number of nitrogens with one attached hydrogen (secondary N) is 1. The molecule has 492 valence electrons. The van der Waals surface area contributed by atoms with E-state index in [1.807, 2.05) is 0 Å². The van der Waals surface area contributed by atoms with Crippen LogP contribution < -0.4 is 5.32 Å². The van der Waals surface area contributed by atoms with Gasteiger partial charge in [0.05, 0.1) is 25.4 Å². The Bertz CT molecular complexity index is 1300. The minimum atomic E-state index is -0.658. The van der Waals surface area contributed by atoms with Crippen molar-refractivity contribution in [3.05, 3.63) is 24.3 Å². The van der Waals surface area contributed by atoms with Crippen molar-refractivity contribution in [2.45, 2.75) is 443 Å². The smallest absolute Gasteiger partial charge is 0.305 e. The van der Waals surface area contributed by atoms with Gasteiger partial charge in [-0.05, 0) is 57.8 Å². The number of esters is 1. The van der Waals surface area contributed by atoms with Gasteiger partial charge in [0.25, 0.3) is 0 Å². The number of carbonyl (C=O) groups excluding carboxylic acids is 2. The van der Waals surface area contributed by atoms with Gasteiger partial charge in [-0.3, -0.25) is 9.59 Å². The first-order valence-corrected chi connectivity index (χ1v) is 38.1. The number of aliphatic hydroxyl groups is 2. The van der Waals surface area contributed by atoms with E-state index in [2.05, 4.69) is 43.5 Å². The van der Waals surface area contributed by atoms with Crippen LogP contribution in [0.3, 0.4) is 0 Å². The van der Waals surface area contributed by atoms with E-state index in [0.717, 1.165) is 51.4 Å². The number of ether oxygens (including phenoxy) is 1. The minimum Gasteiger partial charge on any atom is -0.466 e. The van der Waals surface area contributed by atoms with Gasteiger partial charge in [-0.25, -0.2) is 0 Å². The molecule has 0 aliphatic heterocycles. The molecule has 2 atom stereocenters. The predicted octanol–water partition coefficient (Wildman–Crippen LogP) is 24.9. The van der Waals surface area contributed by atoms with Crippen molar-refractivity contribution in [3.63, 3.8) is 0 Å². The number of amides is 1. The Balaban J connectivity index is 3.28. The minimum absolute atomic E-state index is 0.0162. The fourth-order valence-electron chi connectivity index (χ4n) is 12.2. The highest BCUT2D eigenvalue weighted by atomic mass is 16.5. The summed E-state index contributed by atoms with van der Waals surface area (Å²) >= 11 is 0. The van der Waals surface area contributed by atoms with Crippen LogP contribution in [0, 0.1) is 0 Å². The van der Waals surface area contributed by atoms with Gasteiger partial charge in [-0.15, -0.1) is 0 Å². The number of carbonyl (C=O) groups is 2. The first kappa shape index (κ1) is 81.3. The van der Waals surface area contributed by atoms with Crippen LogP contribution in [0.2, 0.25) is 0 Å². The standard InChI is InChI=1S/C77H149NO5/c1-3-5-7-9-11-13-15-17-18-40-44-47-51-55-59-63-67-71-77(82)83-72-68-64-60-56-52-48-45-42-39-37-35-33-31-29-27-25-23-21-19-20-22-24-26-28-30-32-34-36-38-41-43-46-50-54-58-62-66-70-76(81)78-74(73-79)75(80)69-65-61-57-53-49-16-14-12-10-8-6-4-2/h11,13,17-18,74-75,79-80H,3-10,12,14-16,19-73H2,1-2H3,(H,78,81)/b13-11-,18-17-. The zero-order valence-corrected chi connectivity index (χ0v) is 56.5. The molecular formula is C77H149NO5. The van der Waals surface area contributed by atoms with E-state index < -0.39 is 12.1 Å². The second-order valence-electron chi connectivity index (χ2n) is 26.3. The monoisotopic (exact) mass is 1170 g/mol. The largest absolute Gasteiger partial charge is 0.466 e. The number of unbranched alkanes of at least 4 members (excludes halogenated alkanes) is 57. The quantitative estimate of drug-likeness (QED) is 0.0320. The maximum Gasteiger partial charge on any atom is 0.305 e. The first-order valence-electron chi connectivity index (χ1n) is 38.1. The third-order valence-corrected chi connectivity index (χ3v) is 18.0. The molecule has 0 rings (SSSR count). The van der Waals surface area contributed by atoms with Crippen molar-refractivity contribution >= 4 is 11.9 Å². The van der Waals surface area contributed by atoms with Crippen molar-refractivity contribution in [3.8, 4) is 0 Å². The van der Waals surface area contributed by atoms with Crippen LogP contribution in [0.25, 0.3) is 0 Å². The van der Waals surface area contributed by atoms with Crippen molar-refractivity contribution in [2.75, 3.05) is 13.2 Å². The fourth-order valence-corrected chi connectivity index (χ4v) is 12.2. The summed E-state index contributed by atoms with van der Waals surface area (Å²) < 4.78 is 5.51. The van der Waals surface area contributed by atoms with E-state index in [-0.39, 0.29) is 18.5 Å². The summed E-state index contributed by atoms with van der Waals surface area (Å²) in [6.07, 6.45) is 92.7. The lowest BCUT2D eigenvalue weighted by Gasteiger charge is -2.22. The van der Waals surface area contributed by atoms with E-state index in [9.17, 15) is 19.8 Å². The van der Waals surface area contributed by atoms with Crippen molar-refractivity contribution in [2.24, 2.45) is 0 Å². The zero-order valence-electron chi connectivity index (χ0n) is 56.5. The first-order chi connectivity index (χ1) is 41.0. The Labute approximate surface area is 520 Å². The van der Waals surface area contributed by atoms with E-state index >= 15 is 0 Å². The SMILES string of the molecule is CCCCC/C=C\C/C=C\CCCCCCCCCC(=O)OCCCCCCCCCCCCCCCCCCCCCCCCCCCCCCCCCCCCCCCC(=O)NC(CO)C(O)CCCCCCCCCCCCCC. The maximum absolute atomic E-state index is 12.5. The lowest BCUT2D eigenvalue weighted by molar-refractivity contribution is -0.143. The van der Waals surface area contributed by atoms with Gasteiger partial charge < -0.3 is 20.3 Å². The number of aliphatic hydroxyl groups excluding tert-OH is 2. The van der Waals surface area contributed by atoms with Gasteiger partial charge in [0.1, 0.15) is 0 Å². The summed E-state index contributed by atoms with van der Waals surface area (Å²) in [7, 11) is 0. The van der Waals surface area contributed by atoms with Gasteiger partial charge in [0, 0.05) is 12.8 Å². The molecule has 0 spiro atoms. The molecule has 1 amide bonds. The third-order valence-electron chi connectivity index (χ3n) is 18.0. The molecule has 2 unspecified atom stereocenters. The van der Waals surface area contributed by atoms with Gasteiger partial charge in [-0.1, -0.05) is 385 Å². The summed E-state index contributed by atoms with van der Waals surface area (Å²) in [5.41, 5.74) is 0. The Morgan fingerprint density at radius 1 is 0.337 bits per heavy atom. The normalized spacial score (nSPS) is 12.6. The molecule has 6 heteroatoms. The number of hydrogen-bond donors (Lipinski definition) is 3.